The molecule has 0 atom stereocenters. The van der Waals surface area contributed by atoms with E-state index >= 15 is 0 Å². The summed E-state index contributed by atoms with van der Waals surface area (Å²) in [5, 5.41) is 5.88. The van der Waals surface area contributed by atoms with Gasteiger partial charge in [-0.15, -0.1) is 0 Å². The first-order valence-corrected chi connectivity index (χ1v) is 8.74. The summed E-state index contributed by atoms with van der Waals surface area (Å²) in [6, 6.07) is 7.69. The van der Waals surface area contributed by atoms with E-state index in [0.29, 0.717) is 21.4 Å². The normalized spacial score (nSPS) is 15.2. The summed E-state index contributed by atoms with van der Waals surface area (Å²) < 4.78 is 5.68. The van der Waals surface area contributed by atoms with Crippen molar-refractivity contribution < 1.29 is 14.3 Å². The fraction of sp³-hybridized carbons (Fsp3) is 0.0588. The Labute approximate surface area is 168 Å². The highest BCUT2D eigenvalue weighted by molar-refractivity contribution is 6.42. The third-order valence-corrected chi connectivity index (χ3v) is 4.72. The summed E-state index contributed by atoms with van der Waals surface area (Å²) >= 11 is 24.3. The van der Waals surface area contributed by atoms with Gasteiger partial charge >= 0.3 is 6.03 Å². The maximum Gasteiger partial charge on any atom is 0.326 e. The maximum atomic E-state index is 11.6. The smallest absolute Gasteiger partial charge is 0.326 e. The molecule has 5 nitrogen and oxygen atoms in total. The monoisotopic (exact) mass is 430 g/mol. The quantitative estimate of drug-likeness (QED) is 0.525. The molecular formula is C17H10Cl4N2O3. The molecule has 0 unspecified atom stereocenters. The molecule has 1 aliphatic rings. The van der Waals surface area contributed by atoms with E-state index < -0.39 is 11.9 Å². The van der Waals surface area contributed by atoms with Crippen LogP contribution in [0.5, 0.6) is 5.75 Å². The Kier molecular flexibility index (Phi) is 5.63. The van der Waals surface area contributed by atoms with Crippen LogP contribution in [0.4, 0.5) is 4.79 Å². The number of hydrogen-bond donors (Lipinski definition) is 2. The molecule has 0 bridgehead atoms. The molecule has 0 saturated carbocycles. The third-order valence-electron chi connectivity index (χ3n) is 3.42. The lowest BCUT2D eigenvalue weighted by Gasteiger charge is -2.11. The van der Waals surface area contributed by atoms with Gasteiger partial charge in [0.1, 0.15) is 12.3 Å². The van der Waals surface area contributed by atoms with Crippen LogP contribution in [0.1, 0.15) is 11.1 Å². The number of nitrogens with one attached hydrogen (secondary N) is 2. The Morgan fingerprint density at radius 1 is 0.885 bits per heavy atom. The van der Waals surface area contributed by atoms with Crippen molar-refractivity contribution in [3.8, 4) is 5.75 Å². The molecule has 1 fully saturated rings. The van der Waals surface area contributed by atoms with E-state index in [4.69, 9.17) is 51.1 Å². The molecule has 0 radical (unpaired) electrons. The summed E-state index contributed by atoms with van der Waals surface area (Å²) in [4.78, 5) is 22.7. The summed E-state index contributed by atoms with van der Waals surface area (Å²) in [6.07, 6.45) is 1.46. The highest BCUT2D eigenvalue weighted by Crippen LogP contribution is 2.35. The van der Waals surface area contributed by atoms with Gasteiger partial charge in [0.2, 0.25) is 0 Å². The van der Waals surface area contributed by atoms with Crippen molar-refractivity contribution in [2.75, 3.05) is 0 Å². The van der Waals surface area contributed by atoms with Crippen molar-refractivity contribution in [1.29, 1.82) is 0 Å². The van der Waals surface area contributed by atoms with Crippen LogP contribution in [-0.4, -0.2) is 11.9 Å². The largest absolute Gasteiger partial charge is 0.486 e. The molecule has 2 aromatic carbocycles. The predicted octanol–water partition coefficient (Wildman–Crippen LogP) is 5.06. The van der Waals surface area contributed by atoms with E-state index in [0.717, 1.165) is 5.56 Å². The SMILES string of the molecule is O=C1NC(=O)/C(=C\c2cc(Cl)c(OCc3ccc(Cl)c(Cl)c3)c(Cl)c2)N1. The number of imide groups is 1. The van der Waals surface area contributed by atoms with Crippen LogP contribution in [-0.2, 0) is 11.4 Å². The fourth-order valence-electron chi connectivity index (χ4n) is 2.23. The number of ether oxygens (including phenoxy) is 1. The average Bonchev–Trinajstić information content (AvgIpc) is 2.87. The third kappa shape index (κ3) is 4.24. The van der Waals surface area contributed by atoms with Crippen LogP contribution >= 0.6 is 46.4 Å². The van der Waals surface area contributed by atoms with Crippen molar-refractivity contribution >= 4 is 64.4 Å². The van der Waals surface area contributed by atoms with Crippen LogP contribution in [0, 0.1) is 0 Å². The number of rotatable bonds is 4. The Hall–Kier alpha value is -1.92. The first-order valence-electron chi connectivity index (χ1n) is 7.23. The number of carbonyl (C=O) groups is 2. The lowest BCUT2D eigenvalue weighted by molar-refractivity contribution is -0.115. The second-order valence-electron chi connectivity index (χ2n) is 5.32. The highest BCUT2D eigenvalue weighted by Gasteiger charge is 2.23. The Morgan fingerprint density at radius 3 is 2.15 bits per heavy atom. The summed E-state index contributed by atoms with van der Waals surface area (Å²) in [5.41, 5.74) is 1.43. The molecule has 0 aliphatic carbocycles. The van der Waals surface area contributed by atoms with Crippen LogP contribution in [0.2, 0.25) is 20.1 Å². The molecule has 1 saturated heterocycles. The molecule has 3 amide bonds. The van der Waals surface area contributed by atoms with Crippen LogP contribution < -0.4 is 15.4 Å². The molecule has 2 aromatic rings. The van der Waals surface area contributed by atoms with Crippen molar-refractivity contribution in [3.63, 3.8) is 0 Å². The molecule has 2 N–H and O–H groups in total. The van der Waals surface area contributed by atoms with E-state index in [1.807, 2.05) is 0 Å². The molecule has 9 heteroatoms. The summed E-state index contributed by atoms with van der Waals surface area (Å²) in [7, 11) is 0. The Balaban J connectivity index is 1.79. The van der Waals surface area contributed by atoms with Crippen LogP contribution in [0.25, 0.3) is 6.08 Å². The Bertz CT molecular complexity index is 921. The van der Waals surface area contributed by atoms with E-state index in [1.54, 1.807) is 30.3 Å². The number of carbonyl (C=O) groups excluding carboxylic acids is 2. The van der Waals surface area contributed by atoms with Crippen molar-refractivity contribution in [2.45, 2.75) is 6.61 Å². The van der Waals surface area contributed by atoms with Gasteiger partial charge in [-0.3, -0.25) is 10.1 Å². The van der Waals surface area contributed by atoms with E-state index in [-0.39, 0.29) is 22.3 Å². The van der Waals surface area contributed by atoms with Gasteiger partial charge in [-0.25, -0.2) is 4.79 Å². The number of benzene rings is 2. The molecule has 26 heavy (non-hydrogen) atoms. The minimum Gasteiger partial charge on any atom is -0.486 e. The van der Waals surface area contributed by atoms with Gasteiger partial charge in [0.15, 0.2) is 5.75 Å². The van der Waals surface area contributed by atoms with Crippen molar-refractivity contribution in [2.24, 2.45) is 0 Å². The first kappa shape index (κ1) is 18.9. The molecule has 0 spiro atoms. The molecule has 134 valence electrons. The zero-order valence-electron chi connectivity index (χ0n) is 12.9. The summed E-state index contributed by atoms with van der Waals surface area (Å²) in [5.74, 6) is -0.233. The van der Waals surface area contributed by atoms with E-state index in [9.17, 15) is 9.59 Å². The second kappa shape index (κ2) is 7.76. The van der Waals surface area contributed by atoms with Crippen molar-refractivity contribution in [1.82, 2.24) is 10.6 Å². The van der Waals surface area contributed by atoms with Gasteiger partial charge in [-0.1, -0.05) is 52.5 Å². The van der Waals surface area contributed by atoms with Crippen LogP contribution in [0.3, 0.4) is 0 Å². The lowest BCUT2D eigenvalue weighted by Crippen LogP contribution is -2.22. The topological polar surface area (TPSA) is 67.4 Å². The standard InChI is InChI=1S/C17H10Cl4N2O3/c18-10-2-1-8(3-11(10)19)7-26-15-12(20)4-9(5-13(15)21)6-14-16(24)23-17(25)22-14/h1-6H,7H2,(H2,22,23,24,25)/b14-6+. The fourth-order valence-corrected chi connectivity index (χ4v) is 3.17. The van der Waals surface area contributed by atoms with Gasteiger partial charge < -0.3 is 10.1 Å². The highest BCUT2D eigenvalue weighted by atomic mass is 35.5. The van der Waals surface area contributed by atoms with Crippen LogP contribution in [0.15, 0.2) is 36.0 Å². The summed E-state index contributed by atoms with van der Waals surface area (Å²) in [6.45, 7) is 0.190. The molecule has 3 rings (SSSR count). The van der Waals surface area contributed by atoms with E-state index in [1.165, 1.54) is 6.08 Å². The zero-order chi connectivity index (χ0) is 18.8. The van der Waals surface area contributed by atoms with Gasteiger partial charge in [0, 0.05) is 0 Å². The van der Waals surface area contributed by atoms with Gasteiger partial charge in [-0.05, 0) is 41.5 Å². The van der Waals surface area contributed by atoms with E-state index in [2.05, 4.69) is 10.6 Å². The number of hydrogen-bond acceptors (Lipinski definition) is 3. The number of halogens is 4. The molecule has 1 heterocycles. The van der Waals surface area contributed by atoms with Crippen molar-refractivity contribution in [3.05, 3.63) is 67.2 Å². The number of amides is 3. The first-order chi connectivity index (χ1) is 12.3. The molecular weight excluding hydrogens is 422 g/mol. The minimum absolute atomic E-state index is 0.103. The maximum absolute atomic E-state index is 11.6. The van der Waals surface area contributed by atoms with Gasteiger partial charge in [-0.2, -0.15) is 0 Å². The molecule has 0 aromatic heterocycles. The second-order valence-corrected chi connectivity index (χ2v) is 6.95. The number of urea groups is 1. The van der Waals surface area contributed by atoms with Gasteiger partial charge in [0.05, 0.1) is 20.1 Å². The Morgan fingerprint density at radius 2 is 1.58 bits per heavy atom. The minimum atomic E-state index is -0.583. The zero-order valence-corrected chi connectivity index (χ0v) is 15.9. The average molecular weight is 432 g/mol. The van der Waals surface area contributed by atoms with Gasteiger partial charge in [0.25, 0.3) is 5.91 Å². The predicted molar refractivity (Wildman–Crippen MR) is 102 cm³/mol. The lowest BCUT2D eigenvalue weighted by atomic mass is 10.1. The molecule has 1 aliphatic heterocycles.